The van der Waals surface area contributed by atoms with Gasteiger partial charge in [0.1, 0.15) is 0 Å². The van der Waals surface area contributed by atoms with Crippen molar-refractivity contribution in [2.45, 2.75) is 39.2 Å². The Morgan fingerprint density at radius 1 is 1.35 bits per heavy atom. The molecular formula is C13H26N4. The van der Waals surface area contributed by atoms with Gasteiger partial charge < -0.3 is 10.6 Å². The average Bonchev–Trinajstić information content (AvgIpc) is 2.73. The summed E-state index contributed by atoms with van der Waals surface area (Å²) in [6.07, 6.45) is 4.99. The minimum Gasteiger partial charge on any atom is -0.328 e. The zero-order valence-electron chi connectivity index (χ0n) is 11.4. The summed E-state index contributed by atoms with van der Waals surface area (Å²) in [5.74, 6) is 0. The summed E-state index contributed by atoms with van der Waals surface area (Å²) in [7, 11) is 1.98. The fraction of sp³-hybridized carbons (Fsp3) is 0.769. The summed E-state index contributed by atoms with van der Waals surface area (Å²) in [5, 5.41) is 4.16. The summed E-state index contributed by atoms with van der Waals surface area (Å²) >= 11 is 0. The molecule has 17 heavy (non-hydrogen) atoms. The summed E-state index contributed by atoms with van der Waals surface area (Å²) in [6, 6.07) is 2.36. The molecule has 98 valence electrons. The molecule has 1 aromatic rings. The molecule has 1 heterocycles. The van der Waals surface area contributed by atoms with Gasteiger partial charge in [-0.3, -0.25) is 4.68 Å². The number of hydrogen-bond donors (Lipinski definition) is 1. The molecule has 2 N–H and O–H groups in total. The van der Waals surface area contributed by atoms with Crippen molar-refractivity contribution >= 4 is 0 Å². The largest absolute Gasteiger partial charge is 0.328 e. The summed E-state index contributed by atoms with van der Waals surface area (Å²) in [6.45, 7) is 7.74. The third-order valence-corrected chi connectivity index (χ3v) is 3.40. The van der Waals surface area contributed by atoms with Crippen LogP contribution in [-0.2, 0) is 13.5 Å². The molecule has 0 amide bonds. The molecule has 0 aromatic carbocycles. The van der Waals surface area contributed by atoms with E-state index >= 15 is 0 Å². The Kier molecular flexibility index (Phi) is 6.22. The number of nitrogens with zero attached hydrogens (tertiary/aromatic N) is 3. The maximum atomic E-state index is 6.14. The Bertz CT molecular complexity index is 304. The molecule has 0 aliphatic rings. The highest BCUT2D eigenvalue weighted by atomic mass is 15.2. The van der Waals surface area contributed by atoms with Gasteiger partial charge in [-0.1, -0.05) is 13.8 Å². The van der Waals surface area contributed by atoms with E-state index in [1.54, 1.807) is 0 Å². The zero-order chi connectivity index (χ0) is 12.7. The summed E-state index contributed by atoms with van der Waals surface area (Å²) < 4.78 is 1.93. The molecule has 0 spiro atoms. The Labute approximate surface area is 105 Å². The van der Waals surface area contributed by atoms with E-state index in [0.717, 1.165) is 38.9 Å². The van der Waals surface area contributed by atoms with Crippen molar-refractivity contribution in [3.05, 3.63) is 18.0 Å². The molecule has 0 radical (unpaired) electrons. The minimum absolute atomic E-state index is 0.297. The van der Waals surface area contributed by atoms with Gasteiger partial charge >= 0.3 is 0 Å². The van der Waals surface area contributed by atoms with Gasteiger partial charge in [0, 0.05) is 25.0 Å². The normalized spacial score (nSPS) is 13.2. The van der Waals surface area contributed by atoms with Crippen LogP contribution in [0.4, 0.5) is 0 Å². The van der Waals surface area contributed by atoms with E-state index in [2.05, 4.69) is 29.9 Å². The van der Waals surface area contributed by atoms with Crippen molar-refractivity contribution in [2.75, 3.05) is 19.6 Å². The maximum absolute atomic E-state index is 6.14. The second kappa shape index (κ2) is 7.45. The highest BCUT2D eigenvalue weighted by Crippen LogP contribution is 2.05. The predicted octanol–water partition coefficient (Wildman–Crippen LogP) is 1.41. The SMILES string of the molecule is CCN(CC)CCC(N)CCc1ccnn1C. The van der Waals surface area contributed by atoms with Crippen molar-refractivity contribution in [3.8, 4) is 0 Å². The van der Waals surface area contributed by atoms with Gasteiger partial charge in [-0.2, -0.15) is 5.10 Å². The lowest BCUT2D eigenvalue weighted by atomic mass is 10.1. The van der Waals surface area contributed by atoms with Crippen LogP contribution in [0.1, 0.15) is 32.4 Å². The van der Waals surface area contributed by atoms with E-state index in [1.807, 2.05) is 17.9 Å². The molecule has 4 nitrogen and oxygen atoms in total. The molecule has 0 fully saturated rings. The van der Waals surface area contributed by atoms with Crippen molar-refractivity contribution in [1.82, 2.24) is 14.7 Å². The van der Waals surface area contributed by atoms with Gasteiger partial charge in [-0.15, -0.1) is 0 Å². The minimum atomic E-state index is 0.297. The number of nitrogens with two attached hydrogens (primary N) is 1. The van der Waals surface area contributed by atoms with Gasteiger partial charge in [0.25, 0.3) is 0 Å². The Morgan fingerprint density at radius 2 is 2.06 bits per heavy atom. The van der Waals surface area contributed by atoms with Crippen LogP contribution in [0.3, 0.4) is 0 Å². The molecule has 0 bridgehead atoms. The lowest BCUT2D eigenvalue weighted by Crippen LogP contribution is -2.30. The van der Waals surface area contributed by atoms with Gasteiger partial charge in [0.15, 0.2) is 0 Å². The van der Waals surface area contributed by atoms with Crippen LogP contribution in [0.25, 0.3) is 0 Å². The molecule has 0 saturated heterocycles. The van der Waals surface area contributed by atoms with Crippen molar-refractivity contribution in [1.29, 1.82) is 0 Å². The van der Waals surface area contributed by atoms with E-state index in [9.17, 15) is 0 Å². The van der Waals surface area contributed by atoms with Crippen LogP contribution in [0.5, 0.6) is 0 Å². The highest BCUT2D eigenvalue weighted by Gasteiger charge is 2.07. The van der Waals surface area contributed by atoms with Crippen molar-refractivity contribution in [2.24, 2.45) is 12.8 Å². The van der Waals surface area contributed by atoms with Crippen molar-refractivity contribution in [3.63, 3.8) is 0 Å². The Balaban J connectivity index is 2.21. The lowest BCUT2D eigenvalue weighted by molar-refractivity contribution is 0.287. The van der Waals surface area contributed by atoms with E-state index in [-0.39, 0.29) is 0 Å². The first-order valence-electron chi connectivity index (χ1n) is 6.62. The number of rotatable bonds is 8. The molecule has 0 saturated carbocycles. The number of aromatic nitrogens is 2. The Morgan fingerprint density at radius 3 is 2.59 bits per heavy atom. The molecule has 1 rings (SSSR count). The second-order valence-electron chi connectivity index (χ2n) is 4.56. The fourth-order valence-electron chi connectivity index (χ4n) is 2.01. The molecule has 1 unspecified atom stereocenters. The highest BCUT2D eigenvalue weighted by molar-refractivity contribution is 5.00. The maximum Gasteiger partial charge on any atom is 0.0492 e. The standard InChI is InChI=1S/C13H26N4/c1-4-17(5-2)11-9-12(14)6-7-13-8-10-15-16(13)3/h8,10,12H,4-7,9,11,14H2,1-3H3. The van der Waals surface area contributed by atoms with Crippen LogP contribution in [-0.4, -0.2) is 40.4 Å². The van der Waals surface area contributed by atoms with Crippen LogP contribution < -0.4 is 5.73 Å². The average molecular weight is 238 g/mol. The topological polar surface area (TPSA) is 47.1 Å². The first-order valence-corrected chi connectivity index (χ1v) is 6.62. The number of hydrogen-bond acceptors (Lipinski definition) is 3. The fourth-order valence-corrected chi connectivity index (χ4v) is 2.01. The predicted molar refractivity (Wildman–Crippen MR) is 71.9 cm³/mol. The van der Waals surface area contributed by atoms with Crippen LogP contribution in [0.2, 0.25) is 0 Å². The molecule has 1 atom stereocenters. The van der Waals surface area contributed by atoms with E-state index < -0.39 is 0 Å². The van der Waals surface area contributed by atoms with Gasteiger partial charge in [0.2, 0.25) is 0 Å². The van der Waals surface area contributed by atoms with E-state index in [4.69, 9.17) is 5.73 Å². The van der Waals surface area contributed by atoms with Crippen LogP contribution in [0.15, 0.2) is 12.3 Å². The molecule has 4 heteroatoms. The van der Waals surface area contributed by atoms with E-state index in [1.165, 1.54) is 5.69 Å². The smallest absolute Gasteiger partial charge is 0.0492 e. The monoisotopic (exact) mass is 238 g/mol. The molecular weight excluding hydrogens is 212 g/mol. The van der Waals surface area contributed by atoms with Gasteiger partial charge in [0.05, 0.1) is 0 Å². The molecule has 0 aliphatic heterocycles. The quantitative estimate of drug-likeness (QED) is 0.745. The summed E-state index contributed by atoms with van der Waals surface area (Å²) in [4.78, 5) is 2.42. The van der Waals surface area contributed by atoms with Crippen LogP contribution in [0, 0.1) is 0 Å². The van der Waals surface area contributed by atoms with Gasteiger partial charge in [-0.05, 0) is 45.0 Å². The third kappa shape index (κ3) is 4.88. The van der Waals surface area contributed by atoms with Crippen molar-refractivity contribution < 1.29 is 0 Å². The second-order valence-corrected chi connectivity index (χ2v) is 4.56. The molecule has 0 aliphatic carbocycles. The Hall–Kier alpha value is -0.870. The summed E-state index contributed by atoms with van der Waals surface area (Å²) in [5.41, 5.74) is 7.41. The third-order valence-electron chi connectivity index (χ3n) is 3.40. The number of aryl methyl sites for hydroxylation is 2. The lowest BCUT2D eigenvalue weighted by Gasteiger charge is -2.20. The van der Waals surface area contributed by atoms with E-state index in [0.29, 0.717) is 6.04 Å². The molecule has 1 aromatic heterocycles. The zero-order valence-corrected chi connectivity index (χ0v) is 11.4. The first kappa shape index (κ1) is 14.2. The van der Waals surface area contributed by atoms with Gasteiger partial charge in [-0.25, -0.2) is 0 Å². The first-order chi connectivity index (χ1) is 8.17. The van der Waals surface area contributed by atoms with Crippen LogP contribution >= 0.6 is 0 Å².